The molecule has 5 heteroatoms. The van der Waals surface area contributed by atoms with Crippen LogP contribution in [-0.2, 0) is 16.0 Å². The average Bonchev–Trinajstić information content (AvgIpc) is 2.52. The summed E-state index contributed by atoms with van der Waals surface area (Å²) in [6.45, 7) is 5.55. The molecule has 1 heterocycles. The molecule has 0 aliphatic rings. The third kappa shape index (κ3) is 3.67. The Morgan fingerprint density at radius 1 is 1.30 bits per heavy atom. The van der Waals surface area contributed by atoms with E-state index >= 15 is 0 Å². The molecular formula is C18H22FNO3. The molecule has 0 radical (unpaired) electrons. The molecule has 0 unspecified atom stereocenters. The maximum absolute atomic E-state index is 14.2. The number of nitrogens with zero attached hydrogens (tertiary/aromatic N) is 1. The van der Waals surface area contributed by atoms with Crippen LogP contribution < -0.4 is 4.74 Å². The molecule has 0 amide bonds. The minimum absolute atomic E-state index is 0.151. The lowest BCUT2D eigenvalue weighted by atomic mass is 9.99. The topological polar surface area (TPSA) is 48.4 Å². The molecular weight excluding hydrogens is 297 g/mol. The van der Waals surface area contributed by atoms with E-state index in [4.69, 9.17) is 9.47 Å². The first-order chi connectivity index (χ1) is 11.0. The quantitative estimate of drug-likeness (QED) is 0.758. The summed E-state index contributed by atoms with van der Waals surface area (Å²) >= 11 is 0. The number of hydrogen-bond acceptors (Lipinski definition) is 4. The maximum atomic E-state index is 14.2. The Hall–Kier alpha value is -2.01. The summed E-state index contributed by atoms with van der Waals surface area (Å²) in [5.41, 5.74) is 2.58. The number of unbranched alkanes of at least 4 members (excludes halogenated alkanes) is 1. The molecule has 0 aliphatic carbocycles. The van der Waals surface area contributed by atoms with E-state index in [0.717, 1.165) is 30.4 Å². The minimum atomic E-state index is -0.506. The number of esters is 1. The molecule has 124 valence electrons. The zero-order valence-corrected chi connectivity index (χ0v) is 14.0. The fourth-order valence-electron chi connectivity index (χ4n) is 2.54. The number of fused-ring (bicyclic) bond motifs is 1. The minimum Gasteiger partial charge on any atom is -0.424 e. The van der Waals surface area contributed by atoms with Gasteiger partial charge in [-0.1, -0.05) is 19.4 Å². The van der Waals surface area contributed by atoms with E-state index in [0.29, 0.717) is 16.8 Å². The van der Waals surface area contributed by atoms with Crippen molar-refractivity contribution in [2.75, 3.05) is 13.7 Å². The van der Waals surface area contributed by atoms with Crippen molar-refractivity contribution in [2.45, 2.75) is 40.0 Å². The molecule has 0 N–H and O–H groups in total. The first-order valence-corrected chi connectivity index (χ1v) is 7.77. The van der Waals surface area contributed by atoms with Crippen LogP contribution in [0.4, 0.5) is 4.39 Å². The van der Waals surface area contributed by atoms with Crippen LogP contribution in [0, 0.1) is 19.7 Å². The fourth-order valence-corrected chi connectivity index (χ4v) is 2.54. The number of rotatable bonds is 6. The highest BCUT2D eigenvalue weighted by atomic mass is 19.1. The number of ether oxygens (including phenoxy) is 2. The number of aromatic nitrogens is 1. The Morgan fingerprint density at radius 3 is 2.70 bits per heavy atom. The fraction of sp³-hybridized carbons (Fsp3) is 0.444. The van der Waals surface area contributed by atoms with Crippen LogP contribution >= 0.6 is 0 Å². The van der Waals surface area contributed by atoms with Crippen molar-refractivity contribution in [2.24, 2.45) is 0 Å². The normalized spacial score (nSPS) is 11.0. The zero-order chi connectivity index (χ0) is 17.0. The molecule has 23 heavy (non-hydrogen) atoms. The van der Waals surface area contributed by atoms with Crippen molar-refractivity contribution in [3.05, 3.63) is 34.8 Å². The van der Waals surface area contributed by atoms with E-state index in [2.05, 4.69) is 11.9 Å². The van der Waals surface area contributed by atoms with Gasteiger partial charge >= 0.3 is 5.97 Å². The lowest BCUT2D eigenvalue weighted by molar-refractivity contribution is -0.138. The van der Waals surface area contributed by atoms with Gasteiger partial charge in [-0.05, 0) is 38.3 Å². The standard InChI is InChI=1S/C18H22FNO3/c1-5-6-7-13-8-9-14(19)17-16(13)18(11(2)12(3)20-17)23-15(21)10-22-4/h8-9H,5-7,10H2,1-4H3. The van der Waals surface area contributed by atoms with Crippen molar-refractivity contribution in [3.63, 3.8) is 0 Å². The van der Waals surface area contributed by atoms with Gasteiger partial charge in [-0.25, -0.2) is 14.2 Å². The first-order valence-electron chi connectivity index (χ1n) is 7.77. The number of halogens is 1. The SMILES string of the molecule is CCCCc1ccc(F)c2nc(C)c(C)c(OC(=O)COC)c12. The summed E-state index contributed by atoms with van der Waals surface area (Å²) in [5.74, 6) is -0.527. The van der Waals surface area contributed by atoms with Gasteiger partial charge in [-0.15, -0.1) is 0 Å². The molecule has 0 spiro atoms. The van der Waals surface area contributed by atoms with Gasteiger partial charge in [0.1, 0.15) is 23.7 Å². The van der Waals surface area contributed by atoms with Crippen LogP contribution in [-0.4, -0.2) is 24.7 Å². The summed E-state index contributed by atoms with van der Waals surface area (Å²) in [4.78, 5) is 16.2. The molecule has 2 rings (SSSR count). The Kier molecular flexibility index (Phi) is 5.66. The molecule has 2 aromatic rings. The highest BCUT2D eigenvalue weighted by molar-refractivity contribution is 5.92. The molecule has 1 aromatic heterocycles. The Labute approximate surface area is 135 Å². The number of methoxy groups -OCH3 is 1. The number of carbonyl (C=O) groups is 1. The second kappa shape index (κ2) is 7.51. The smallest absolute Gasteiger partial charge is 0.337 e. The largest absolute Gasteiger partial charge is 0.424 e. The third-order valence-electron chi connectivity index (χ3n) is 3.88. The Morgan fingerprint density at radius 2 is 2.04 bits per heavy atom. The summed E-state index contributed by atoms with van der Waals surface area (Å²) in [5, 5.41) is 0.589. The average molecular weight is 319 g/mol. The van der Waals surface area contributed by atoms with Crippen molar-refractivity contribution >= 4 is 16.9 Å². The predicted octanol–water partition coefficient (Wildman–Crippen LogP) is 3.89. The molecule has 4 nitrogen and oxygen atoms in total. The molecule has 0 saturated heterocycles. The second-order valence-corrected chi connectivity index (χ2v) is 5.59. The molecule has 0 fully saturated rings. The van der Waals surface area contributed by atoms with Gasteiger partial charge in [0.05, 0.1) is 0 Å². The molecule has 0 atom stereocenters. The summed E-state index contributed by atoms with van der Waals surface area (Å²) < 4.78 is 24.5. The summed E-state index contributed by atoms with van der Waals surface area (Å²) in [7, 11) is 1.43. The Bertz CT molecular complexity index is 728. The van der Waals surface area contributed by atoms with Gasteiger partial charge in [-0.3, -0.25) is 0 Å². The predicted molar refractivity (Wildman–Crippen MR) is 87.3 cm³/mol. The summed E-state index contributed by atoms with van der Waals surface area (Å²) in [6, 6.07) is 3.17. The molecule has 0 bridgehead atoms. The van der Waals surface area contributed by atoms with Gasteiger partial charge in [0, 0.05) is 23.8 Å². The lowest BCUT2D eigenvalue weighted by Crippen LogP contribution is -2.16. The lowest BCUT2D eigenvalue weighted by Gasteiger charge is -2.16. The number of hydrogen-bond donors (Lipinski definition) is 0. The van der Waals surface area contributed by atoms with Crippen LogP contribution in [0.25, 0.3) is 10.9 Å². The van der Waals surface area contributed by atoms with Crippen molar-refractivity contribution in [1.82, 2.24) is 4.98 Å². The first kappa shape index (κ1) is 17.3. The van der Waals surface area contributed by atoms with Gasteiger partial charge in [0.25, 0.3) is 0 Å². The van der Waals surface area contributed by atoms with Crippen LogP contribution in [0.1, 0.15) is 36.6 Å². The van der Waals surface area contributed by atoms with Crippen LogP contribution in [0.15, 0.2) is 12.1 Å². The number of aryl methyl sites for hydroxylation is 2. The van der Waals surface area contributed by atoms with Gasteiger partial charge in [-0.2, -0.15) is 0 Å². The van der Waals surface area contributed by atoms with Crippen LogP contribution in [0.2, 0.25) is 0 Å². The highest BCUT2D eigenvalue weighted by Crippen LogP contribution is 2.35. The monoisotopic (exact) mass is 319 g/mol. The van der Waals surface area contributed by atoms with E-state index in [1.54, 1.807) is 13.0 Å². The van der Waals surface area contributed by atoms with Crippen molar-refractivity contribution < 1.29 is 18.7 Å². The highest BCUT2D eigenvalue weighted by Gasteiger charge is 2.19. The van der Waals surface area contributed by atoms with Crippen LogP contribution in [0.5, 0.6) is 5.75 Å². The van der Waals surface area contributed by atoms with Crippen molar-refractivity contribution in [3.8, 4) is 5.75 Å². The maximum Gasteiger partial charge on any atom is 0.337 e. The van der Waals surface area contributed by atoms with E-state index in [1.165, 1.54) is 13.2 Å². The number of benzene rings is 1. The Balaban J connectivity index is 2.67. The van der Waals surface area contributed by atoms with E-state index in [9.17, 15) is 9.18 Å². The molecule has 0 saturated carbocycles. The molecule has 0 aliphatic heterocycles. The van der Waals surface area contributed by atoms with Gasteiger partial charge in [0.2, 0.25) is 0 Å². The third-order valence-corrected chi connectivity index (χ3v) is 3.88. The zero-order valence-electron chi connectivity index (χ0n) is 14.0. The van der Waals surface area contributed by atoms with Crippen LogP contribution in [0.3, 0.4) is 0 Å². The number of carbonyl (C=O) groups excluding carboxylic acids is 1. The van der Waals surface area contributed by atoms with Gasteiger partial charge in [0.15, 0.2) is 0 Å². The second-order valence-electron chi connectivity index (χ2n) is 5.59. The summed E-state index contributed by atoms with van der Waals surface area (Å²) in [6.07, 6.45) is 2.78. The van der Waals surface area contributed by atoms with Crippen molar-refractivity contribution in [1.29, 1.82) is 0 Å². The molecule has 1 aromatic carbocycles. The van der Waals surface area contributed by atoms with E-state index in [1.807, 2.05) is 6.92 Å². The van der Waals surface area contributed by atoms with E-state index < -0.39 is 11.8 Å². The van der Waals surface area contributed by atoms with E-state index in [-0.39, 0.29) is 12.1 Å². The van der Waals surface area contributed by atoms with Gasteiger partial charge < -0.3 is 9.47 Å². The number of pyridine rings is 1.